The van der Waals surface area contributed by atoms with Crippen LogP contribution >= 0.6 is 11.3 Å². The SMILES string of the molecule is COc1ccccc1[C@@H](C)NCc1sccc1NC(C)=O. The summed E-state index contributed by atoms with van der Waals surface area (Å²) in [6.07, 6.45) is 0. The van der Waals surface area contributed by atoms with E-state index < -0.39 is 0 Å². The Morgan fingerprint density at radius 1 is 1.33 bits per heavy atom. The highest BCUT2D eigenvalue weighted by molar-refractivity contribution is 7.10. The van der Waals surface area contributed by atoms with Gasteiger partial charge in [-0.1, -0.05) is 18.2 Å². The van der Waals surface area contributed by atoms with E-state index in [2.05, 4.69) is 23.6 Å². The maximum atomic E-state index is 11.2. The minimum atomic E-state index is -0.0487. The number of thiophene rings is 1. The molecular weight excluding hydrogens is 284 g/mol. The zero-order chi connectivity index (χ0) is 15.2. The van der Waals surface area contributed by atoms with Crippen LogP contribution < -0.4 is 15.4 Å². The lowest BCUT2D eigenvalue weighted by Crippen LogP contribution is -2.19. The highest BCUT2D eigenvalue weighted by Gasteiger charge is 2.12. The van der Waals surface area contributed by atoms with Gasteiger partial charge in [0.15, 0.2) is 0 Å². The second-order valence-electron chi connectivity index (χ2n) is 4.78. The van der Waals surface area contributed by atoms with Crippen LogP contribution in [0.15, 0.2) is 35.7 Å². The van der Waals surface area contributed by atoms with Crippen LogP contribution in [-0.4, -0.2) is 13.0 Å². The second-order valence-corrected chi connectivity index (χ2v) is 5.78. The molecule has 21 heavy (non-hydrogen) atoms. The zero-order valence-corrected chi connectivity index (χ0v) is 13.3. The molecule has 4 nitrogen and oxygen atoms in total. The Morgan fingerprint density at radius 2 is 2.10 bits per heavy atom. The van der Waals surface area contributed by atoms with Crippen molar-refractivity contribution in [3.63, 3.8) is 0 Å². The molecular formula is C16H20N2O2S. The van der Waals surface area contributed by atoms with E-state index in [0.29, 0.717) is 6.54 Å². The average molecular weight is 304 g/mol. The first kappa shape index (κ1) is 15.5. The Kier molecular flexibility index (Phi) is 5.36. The molecule has 0 aliphatic rings. The van der Waals surface area contributed by atoms with Crippen molar-refractivity contribution in [2.45, 2.75) is 26.4 Å². The minimum absolute atomic E-state index is 0.0487. The van der Waals surface area contributed by atoms with Crippen molar-refractivity contribution in [3.8, 4) is 5.75 Å². The van der Waals surface area contributed by atoms with Crippen LogP contribution in [0.3, 0.4) is 0 Å². The summed E-state index contributed by atoms with van der Waals surface area (Å²) in [5, 5.41) is 8.30. The number of para-hydroxylation sites is 1. The van der Waals surface area contributed by atoms with Gasteiger partial charge in [-0.3, -0.25) is 4.79 Å². The molecule has 0 unspecified atom stereocenters. The van der Waals surface area contributed by atoms with Crippen LogP contribution in [0.4, 0.5) is 5.69 Å². The van der Waals surface area contributed by atoms with Crippen LogP contribution in [0.25, 0.3) is 0 Å². The molecule has 1 heterocycles. The molecule has 0 saturated carbocycles. The summed E-state index contributed by atoms with van der Waals surface area (Å²) in [5.74, 6) is 0.832. The van der Waals surface area contributed by atoms with Gasteiger partial charge in [0.1, 0.15) is 5.75 Å². The highest BCUT2D eigenvalue weighted by atomic mass is 32.1. The molecule has 0 saturated heterocycles. The quantitative estimate of drug-likeness (QED) is 0.858. The molecule has 0 fully saturated rings. The second kappa shape index (κ2) is 7.24. The Bertz CT molecular complexity index is 610. The summed E-state index contributed by atoms with van der Waals surface area (Å²) in [7, 11) is 1.68. The Labute approximate surface area is 129 Å². The monoisotopic (exact) mass is 304 g/mol. The van der Waals surface area contributed by atoms with E-state index in [4.69, 9.17) is 4.74 Å². The van der Waals surface area contributed by atoms with Crippen LogP contribution in [-0.2, 0) is 11.3 Å². The van der Waals surface area contributed by atoms with Gasteiger partial charge in [0.05, 0.1) is 12.8 Å². The van der Waals surface area contributed by atoms with Crippen molar-refractivity contribution in [2.75, 3.05) is 12.4 Å². The van der Waals surface area contributed by atoms with E-state index in [1.807, 2.05) is 29.6 Å². The number of carbonyl (C=O) groups excluding carboxylic acids is 1. The van der Waals surface area contributed by atoms with E-state index in [9.17, 15) is 4.79 Å². The molecule has 0 bridgehead atoms. The number of nitrogens with one attached hydrogen (secondary N) is 2. The van der Waals surface area contributed by atoms with Crippen LogP contribution in [0.5, 0.6) is 5.75 Å². The average Bonchev–Trinajstić information content (AvgIpc) is 2.91. The molecule has 2 rings (SSSR count). The van der Waals surface area contributed by atoms with Crippen molar-refractivity contribution < 1.29 is 9.53 Å². The van der Waals surface area contributed by atoms with Gasteiger partial charge in [-0.2, -0.15) is 0 Å². The maximum absolute atomic E-state index is 11.2. The molecule has 1 aromatic heterocycles. The molecule has 0 aliphatic carbocycles. The summed E-state index contributed by atoms with van der Waals surface area (Å²) in [6, 6.07) is 10.1. The van der Waals surface area contributed by atoms with Gasteiger partial charge < -0.3 is 15.4 Å². The van der Waals surface area contributed by atoms with Crippen molar-refractivity contribution in [1.29, 1.82) is 0 Å². The van der Waals surface area contributed by atoms with Gasteiger partial charge in [0.25, 0.3) is 0 Å². The number of methoxy groups -OCH3 is 1. The number of carbonyl (C=O) groups is 1. The lowest BCUT2D eigenvalue weighted by molar-refractivity contribution is -0.114. The number of ether oxygens (including phenoxy) is 1. The van der Waals surface area contributed by atoms with Crippen LogP contribution in [0, 0.1) is 0 Å². The molecule has 112 valence electrons. The van der Waals surface area contributed by atoms with Crippen molar-refractivity contribution in [1.82, 2.24) is 5.32 Å². The Hall–Kier alpha value is -1.85. The number of anilines is 1. The van der Waals surface area contributed by atoms with E-state index in [1.54, 1.807) is 18.4 Å². The zero-order valence-electron chi connectivity index (χ0n) is 12.5. The fourth-order valence-electron chi connectivity index (χ4n) is 2.16. The smallest absolute Gasteiger partial charge is 0.221 e. The van der Waals surface area contributed by atoms with E-state index in [-0.39, 0.29) is 11.9 Å². The number of rotatable bonds is 6. The molecule has 0 spiro atoms. The predicted octanol–water partition coefficient (Wildman–Crippen LogP) is 3.57. The summed E-state index contributed by atoms with van der Waals surface area (Å²) < 4.78 is 5.39. The Balaban J connectivity index is 2.03. The molecule has 1 atom stereocenters. The van der Waals surface area contributed by atoms with Gasteiger partial charge in [-0.05, 0) is 24.4 Å². The number of hydrogen-bond acceptors (Lipinski definition) is 4. The van der Waals surface area contributed by atoms with E-state index in [0.717, 1.165) is 21.9 Å². The highest BCUT2D eigenvalue weighted by Crippen LogP contribution is 2.26. The van der Waals surface area contributed by atoms with Gasteiger partial charge in [0, 0.05) is 30.0 Å². The standard InChI is InChI=1S/C16H20N2O2S/c1-11(13-6-4-5-7-15(13)20-3)17-10-16-14(8-9-21-16)18-12(2)19/h4-9,11,17H,10H2,1-3H3,(H,18,19)/t11-/m1/s1. The van der Waals surface area contributed by atoms with Gasteiger partial charge in [-0.15, -0.1) is 11.3 Å². The predicted molar refractivity (Wildman–Crippen MR) is 86.9 cm³/mol. The third-order valence-electron chi connectivity index (χ3n) is 3.23. The van der Waals surface area contributed by atoms with Crippen molar-refractivity contribution in [3.05, 3.63) is 46.2 Å². The first-order valence-electron chi connectivity index (χ1n) is 6.82. The van der Waals surface area contributed by atoms with E-state index in [1.165, 1.54) is 6.92 Å². The minimum Gasteiger partial charge on any atom is -0.496 e. The molecule has 2 aromatic rings. The topological polar surface area (TPSA) is 50.4 Å². The lowest BCUT2D eigenvalue weighted by Gasteiger charge is -2.17. The summed E-state index contributed by atoms with van der Waals surface area (Å²) in [4.78, 5) is 12.3. The Morgan fingerprint density at radius 3 is 2.81 bits per heavy atom. The third-order valence-corrected chi connectivity index (χ3v) is 4.15. The summed E-state index contributed by atoms with van der Waals surface area (Å²) in [5.41, 5.74) is 2.00. The summed E-state index contributed by atoms with van der Waals surface area (Å²) >= 11 is 1.63. The van der Waals surface area contributed by atoms with Gasteiger partial charge >= 0.3 is 0 Å². The van der Waals surface area contributed by atoms with Crippen molar-refractivity contribution >= 4 is 22.9 Å². The number of amides is 1. The largest absolute Gasteiger partial charge is 0.496 e. The first-order chi connectivity index (χ1) is 10.1. The third kappa shape index (κ3) is 4.06. The fraction of sp³-hybridized carbons (Fsp3) is 0.312. The molecule has 2 N–H and O–H groups in total. The molecule has 1 aromatic carbocycles. The van der Waals surface area contributed by atoms with Crippen LogP contribution in [0.2, 0.25) is 0 Å². The van der Waals surface area contributed by atoms with Gasteiger partial charge in [0.2, 0.25) is 5.91 Å². The summed E-state index contributed by atoms with van der Waals surface area (Å²) in [6.45, 7) is 4.32. The molecule has 5 heteroatoms. The normalized spacial score (nSPS) is 12.0. The lowest BCUT2D eigenvalue weighted by atomic mass is 10.1. The van der Waals surface area contributed by atoms with E-state index >= 15 is 0 Å². The molecule has 0 radical (unpaired) electrons. The number of hydrogen-bond donors (Lipinski definition) is 2. The maximum Gasteiger partial charge on any atom is 0.221 e. The van der Waals surface area contributed by atoms with Crippen molar-refractivity contribution in [2.24, 2.45) is 0 Å². The first-order valence-corrected chi connectivity index (χ1v) is 7.70. The van der Waals surface area contributed by atoms with Crippen LogP contribution in [0.1, 0.15) is 30.3 Å². The molecule has 0 aliphatic heterocycles. The number of benzene rings is 1. The van der Waals surface area contributed by atoms with Gasteiger partial charge in [-0.25, -0.2) is 0 Å². The fourth-order valence-corrected chi connectivity index (χ4v) is 2.94. The molecule has 1 amide bonds.